The molecule has 2 atom stereocenters. The van der Waals surface area contributed by atoms with Crippen LogP contribution in [0.5, 0.6) is 11.5 Å². The first-order valence-corrected chi connectivity index (χ1v) is 16.5. The number of anilines is 1. The molecule has 3 aromatic rings. The van der Waals surface area contributed by atoms with Gasteiger partial charge in [-0.25, -0.2) is 8.42 Å². The second kappa shape index (κ2) is 14.6. The molecule has 0 saturated heterocycles. The Morgan fingerprint density at radius 1 is 1.00 bits per heavy atom. The van der Waals surface area contributed by atoms with E-state index in [1.165, 1.54) is 4.31 Å². The number of ether oxygens (including phenoxy) is 2. The number of nitrogens with one attached hydrogen (secondary N) is 1. The van der Waals surface area contributed by atoms with Crippen molar-refractivity contribution in [2.75, 3.05) is 23.9 Å². The molecule has 0 unspecified atom stereocenters. The van der Waals surface area contributed by atoms with E-state index in [0.29, 0.717) is 34.2 Å². The molecular formula is C32H38ClN3O6S. The van der Waals surface area contributed by atoms with Gasteiger partial charge in [-0.1, -0.05) is 67.1 Å². The SMILES string of the molecule is CC[C@H](C)NC(=O)[C@H](Cc1ccccc1)N(Cc1ccccc1Cl)C(=O)CCCN(c1ccc2c(c1)OCO2)S(C)(=O)=O. The third-order valence-corrected chi connectivity index (χ3v) is 8.93. The Morgan fingerprint density at radius 2 is 1.70 bits per heavy atom. The van der Waals surface area contributed by atoms with Gasteiger partial charge in [0.1, 0.15) is 6.04 Å². The zero-order valence-electron chi connectivity index (χ0n) is 24.7. The summed E-state index contributed by atoms with van der Waals surface area (Å²) in [5.41, 5.74) is 2.04. The lowest BCUT2D eigenvalue weighted by Crippen LogP contribution is -2.52. The van der Waals surface area contributed by atoms with Gasteiger partial charge in [-0.2, -0.15) is 0 Å². The van der Waals surface area contributed by atoms with Gasteiger partial charge in [0.25, 0.3) is 0 Å². The third kappa shape index (κ3) is 8.64. The number of halogens is 1. The molecular weight excluding hydrogens is 590 g/mol. The molecule has 4 rings (SSSR count). The molecule has 1 aliphatic rings. The zero-order valence-corrected chi connectivity index (χ0v) is 26.2. The summed E-state index contributed by atoms with van der Waals surface area (Å²) in [5.74, 6) is 0.475. The maximum Gasteiger partial charge on any atom is 0.243 e. The van der Waals surface area contributed by atoms with Gasteiger partial charge in [-0.3, -0.25) is 13.9 Å². The van der Waals surface area contributed by atoms with E-state index in [1.54, 1.807) is 29.2 Å². The Hall–Kier alpha value is -3.76. The molecule has 1 heterocycles. The maximum absolute atomic E-state index is 14.0. The predicted octanol–water partition coefficient (Wildman–Crippen LogP) is 5.17. The monoisotopic (exact) mass is 627 g/mol. The average Bonchev–Trinajstić information content (AvgIpc) is 3.45. The number of amides is 2. The number of hydrogen-bond donors (Lipinski definition) is 1. The van der Waals surface area contributed by atoms with Gasteiger partial charge in [-0.15, -0.1) is 0 Å². The topological polar surface area (TPSA) is 105 Å². The van der Waals surface area contributed by atoms with Gasteiger partial charge in [0.2, 0.25) is 28.6 Å². The minimum absolute atomic E-state index is 0.0168. The van der Waals surface area contributed by atoms with Crippen LogP contribution in [-0.4, -0.2) is 56.8 Å². The quantitative estimate of drug-likeness (QED) is 0.264. The molecule has 1 aliphatic heterocycles. The average molecular weight is 628 g/mol. The molecule has 0 fully saturated rings. The Morgan fingerprint density at radius 3 is 2.40 bits per heavy atom. The van der Waals surface area contributed by atoms with Crippen LogP contribution in [0.1, 0.15) is 44.2 Å². The number of fused-ring (bicyclic) bond motifs is 1. The molecule has 0 spiro atoms. The smallest absolute Gasteiger partial charge is 0.243 e. The van der Waals surface area contributed by atoms with Crippen molar-refractivity contribution in [3.63, 3.8) is 0 Å². The van der Waals surface area contributed by atoms with Gasteiger partial charge < -0.3 is 19.7 Å². The summed E-state index contributed by atoms with van der Waals surface area (Å²) in [4.78, 5) is 29.2. The van der Waals surface area contributed by atoms with Gasteiger partial charge in [0.15, 0.2) is 11.5 Å². The maximum atomic E-state index is 14.0. The van der Waals surface area contributed by atoms with Crippen molar-refractivity contribution < 1.29 is 27.5 Å². The number of hydrogen-bond acceptors (Lipinski definition) is 6. The van der Waals surface area contributed by atoms with Crippen molar-refractivity contribution in [1.82, 2.24) is 10.2 Å². The highest BCUT2D eigenvalue weighted by Crippen LogP contribution is 2.36. The molecule has 11 heteroatoms. The summed E-state index contributed by atoms with van der Waals surface area (Å²) in [6.45, 7) is 4.17. The second-order valence-electron chi connectivity index (χ2n) is 10.6. The summed E-state index contributed by atoms with van der Waals surface area (Å²) < 4.78 is 37.5. The van der Waals surface area contributed by atoms with Crippen molar-refractivity contribution in [2.24, 2.45) is 0 Å². The van der Waals surface area contributed by atoms with Gasteiger partial charge >= 0.3 is 0 Å². The van der Waals surface area contributed by atoms with E-state index >= 15 is 0 Å². The minimum Gasteiger partial charge on any atom is -0.454 e. The van der Waals surface area contributed by atoms with Gasteiger partial charge in [0.05, 0.1) is 11.9 Å². The summed E-state index contributed by atoms with van der Waals surface area (Å²) in [6, 6.07) is 20.8. The predicted molar refractivity (Wildman–Crippen MR) is 168 cm³/mol. The van der Waals surface area contributed by atoms with Crippen LogP contribution in [0.4, 0.5) is 5.69 Å². The van der Waals surface area contributed by atoms with Crippen LogP contribution in [0.15, 0.2) is 72.8 Å². The van der Waals surface area contributed by atoms with Crippen LogP contribution < -0.4 is 19.1 Å². The molecule has 3 aromatic carbocycles. The first kappa shape index (κ1) is 32.2. The van der Waals surface area contributed by atoms with Gasteiger partial charge in [0, 0.05) is 43.1 Å². The van der Waals surface area contributed by atoms with E-state index in [0.717, 1.165) is 18.2 Å². The van der Waals surface area contributed by atoms with Crippen molar-refractivity contribution in [2.45, 2.75) is 58.2 Å². The van der Waals surface area contributed by atoms with Crippen molar-refractivity contribution in [3.05, 3.63) is 88.9 Å². The molecule has 2 amide bonds. The number of nitrogens with zero attached hydrogens (tertiary/aromatic N) is 2. The van der Waals surface area contributed by atoms with E-state index in [1.807, 2.05) is 62.4 Å². The van der Waals surface area contributed by atoms with Crippen LogP contribution in [-0.2, 0) is 32.6 Å². The van der Waals surface area contributed by atoms with E-state index in [2.05, 4.69) is 5.32 Å². The lowest BCUT2D eigenvalue weighted by molar-refractivity contribution is -0.141. The van der Waals surface area contributed by atoms with E-state index in [-0.39, 0.29) is 50.6 Å². The number of carbonyl (C=O) groups is 2. The lowest BCUT2D eigenvalue weighted by atomic mass is 10.0. The fourth-order valence-electron chi connectivity index (χ4n) is 4.85. The summed E-state index contributed by atoms with van der Waals surface area (Å²) in [5, 5.41) is 3.54. The van der Waals surface area contributed by atoms with Crippen LogP contribution in [0.2, 0.25) is 5.02 Å². The molecule has 230 valence electrons. The van der Waals surface area contributed by atoms with Crippen LogP contribution in [0.25, 0.3) is 0 Å². The highest BCUT2D eigenvalue weighted by Gasteiger charge is 2.31. The fraction of sp³-hybridized carbons (Fsp3) is 0.375. The summed E-state index contributed by atoms with van der Waals surface area (Å²) in [7, 11) is -3.66. The van der Waals surface area contributed by atoms with Crippen LogP contribution in [0, 0.1) is 0 Å². The Bertz CT molecular complexity index is 1520. The van der Waals surface area contributed by atoms with Crippen LogP contribution >= 0.6 is 11.6 Å². The molecule has 0 aliphatic carbocycles. The summed E-state index contributed by atoms with van der Waals surface area (Å²) >= 11 is 6.50. The van der Waals surface area contributed by atoms with Crippen LogP contribution in [0.3, 0.4) is 0 Å². The molecule has 9 nitrogen and oxygen atoms in total. The fourth-order valence-corrected chi connectivity index (χ4v) is 6.00. The first-order chi connectivity index (χ1) is 20.6. The zero-order chi connectivity index (χ0) is 31.0. The number of benzene rings is 3. The molecule has 0 bridgehead atoms. The van der Waals surface area contributed by atoms with Crippen molar-refractivity contribution >= 4 is 39.1 Å². The highest BCUT2D eigenvalue weighted by molar-refractivity contribution is 7.92. The normalized spacial score (nSPS) is 13.7. The van der Waals surface area contributed by atoms with E-state index in [4.69, 9.17) is 21.1 Å². The Kier molecular flexibility index (Phi) is 10.9. The van der Waals surface area contributed by atoms with E-state index in [9.17, 15) is 18.0 Å². The molecule has 43 heavy (non-hydrogen) atoms. The van der Waals surface area contributed by atoms with Crippen molar-refractivity contribution in [3.8, 4) is 11.5 Å². The minimum atomic E-state index is -3.66. The lowest BCUT2D eigenvalue weighted by Gasteiger charge is -2.33. The second-order valence-corrected chi connectivity index (χ2v) is 12.9. The van der Waals surface area contributed by atoms with Gasteiger partial charge in [-0.05, 0) is 49.1 Å². The molecule has 0 radical (unpaired) electrons. The summed E-state index contributed by atoms with van der Waals surface area (Å²) in [6.07, 6.45) is 2.42. The number of sulfonamides is 1. The number of carbonyl (C=O) groups excluding carboxylic acids is 2. The van der Waals surface area contributed by atoms with E-state index < -0.39 is 16.1 Å². The highest BCUT2D eigenvalue weighted by atomic mass is 35.5. The largest absolute Gasteiger partial charge is 0.454 e. The Labute approximate surface area is 258 Å². The Balaban J connectivity index is 1.59. The van der Waals surface area contributed by atoms with Crippen molar-refractivity contribution in [1.29, 1.82) is 0 Å². The first-order valence-electron chi connectivity index (χ1n) is 14.3. The number of rotatable bonds is 14. The molecule has 1 N–H and O–H groups in total. The standard InChI is InChI=1S/C32H38ClN3O6S/c1-4-23(2)34-32(38)28(19-24-11-6-5-7-12-24)35(21-25-13-8-9-14-27(25)33)31(37)15-10-18-36(43(3,39)40)26-16-17-29-30(20-26)42-22-41-29/h5-9,11-14,16-17,20,23,28H,4,10,15,18-19,21-22H2,1-3H3,(H,34,38)/t23-,28-/m0/s1. The molecule has 0 saturated carbocycles. The third-order valence-electron chi connectivity index (χ3n) is 7.37. The molecule has 0 aromatic heterocycles.